The first-order chi connectivity index (χ1) is 35.3. The number of sulfonamides is 1. The molecule has 1 amide bonds. The van der Waals surface area contributed by atoms with Gasteiger partial charge in [0.2, 0.25) is 5.88 Å². The summed E-state index contributed by atoms with van der Waals surface area (Å²) in [6.45, 7) is 15.1. The first-order valence-electron chi connectivity index (χ1n) is 26.6. The SMILES string of the molecule is CC(C)c1ccccc1[C@@H]1COC(C)(C)CN1C1CC2(CCN(c3ccc(C(=O)NS(=O)(=O)c4ccc(NCC5CCC(C)(O)CC5)c([N+](=O)[O-])c4)c(N4c5cc6cc[nH]c6nc5O[C@H]5COCC[C@@H]54)c3)CC2)C1. The van der Waals surface area contributed by atoms with E-state index in [1.54, 1.807) is 6.07 Å². The number of hydrogen-bond acceptors (Lipinski definition) is 14. The highest BCUT2D eigenvalue weighted by Crippen LogP contribution is 2.54. The van der Waals surface area contributed by atoms with Gasteiger partial charge in [-0.1, -0.05) is 38.1 Å². The van der Waals surface area contributed by atoms with Gasteiger partial charge in [0.25, 0.3) is 21.6 Å². The van der Waals surface area contributed by atoms with Crippen LogP contribution in [0.3, 0.4) is 0 Å². The average molecular weight is 1030 g/mol. The number of rotatable bonds is 12. The second-order valence-corrected chi connectivity index (χ2v) is 24.9. The first-order valence-corrected chi connectivity index (χ1v) is 28.0. The van der Waals surface area contributed by atoms with Gasteiger partial charge in [0.1, 0.15) is 23.1 Å². The molecule has 11 rings (SSSR count). The summed E-state index contributed by atoms with van der Waals surface area (Å²) in [7, 11) is -4.63. The quantitative estimate of drug-likeness (QED) is 0.0679. The van der Waals surface area contributed by atoms with E-state index >= 15 is 0 Å². The third kappa shape index (κ3) is 9.83. The number of morpholine rings is 1. The molecule has 5 fully saturated rings. The molecule has 3 saturated heterocycles. The molecule has 4 N–H and O–H groups in total. The van der Waals surface area contributed by atoms with Gasteiger partial charge in [-0.15, -0.1) is 0 Å². The minimum atomic E-state index is -4.63. The van der Waals surface area contributed by atoms with Gasteiger partial charge in [-0.25, -0.2) is 13.1 Å². The number of benzene rings is 3. The summed E-state index contributed by atoms with van der Waals surface area (Å²) in [4.78, 5) is 41.3. The molecule has 18 heteroatoms. The molecule has 2 aromatic heterocycles. The van der Waals surface area contributed by atoms with Gasteiger partial charge >= 0.3 is 0 Å². The molecule has 3 atom stereocenters. The summed E-state index contributed by atoms with van der Waals surface area (Å²) in [6, 6.07) is 22.4. The number of nitrogens with zero attached hydrogens (tertiary/aromatic N) is 5. The fraction of sp³-hybridized carbons (Fsp3) is 0.536. The summed E-state index contributed by atoms with van der Waals surface area (Å²) in [5, 5.41) is 26.8. The number of fused-ring (bicyclic) bond motifs is 3. The van der Waals surface area contributed by atoms with Gasteiger partial charge < -0.3 is 39.4 Å². The van der Waals surface area contributed by atoms with Crippen LogP contribution in [0.4, 0.5) is 28.4 Å². The van der Waals surface area contributed by atoms with Gasteiger partial charge in [-0.3, -0.25) is 19.8 Å². The minimum absolute atomic E-state index is 0.112. The number of aliphatic hydroxyl groups is 1. The lowest BCUT2D eigenvalue weighted by molar-refractivity contribution is -0.384. The Bertz CT molecular complexity index is 3040. The minimum Gasteiger partial charge on any atom is -0.468 e. The van der Waals surface area contributed by atoms with Crippen LogP contribution in [-0.2, 0) is 19.5 Å². The molecule has 0 unspecified atom stereocenters. The molecule has 3 aromatic carbocycles. The van der Waals surface area contributed by atoms with E-state index in [1.807, 2.05) is 37.4 Å². The number of ether oxygens (including phenoxy) is 3. The Morgan fingerprint density at radius 1 is 0.959 bits per heavy atom. The molecular weight excluding hydrogens is 961 g/mol. The molecule has 1 spiro atoms. The Hall–Kier alpha value is -5.79. The van der Waals surface area contributed by atoms with Gasteiger partial charge in [-0.05, 0) is 149 Å². The lowest BCUT2D eigenvalue weighted by Crippen LogP contribution is -2.61. The molecule has 5 aromatic rings. The number of piperidine rings is 1. The van der Waals surface area contributed by atoms with Gasteiger partial charge in [-0.2, -0.15) is 4.98 Å². The lowest BCUT2D eigenvalue weighted by atomic mass is 9.59. The van der Waals surface area contributed by atoms with E-state index in [9.17, 15) is 28.4 Å². The van der Waals surface area contributed by atoms with E-state index in [1.165, 1.54) is 23.3 Å². The van der Waals surface area contributed by atoms with Gasteiger partial charge in [0.15, 0.2) is 0 Å². The van der Waals surface area contributed by atoms with Crippen LogP contribution in [0.5, 0.6) is 5.88 Å². The van der Waals surface area contributed by atoms with Crippen LogP contribution in [0.25, 0.3) is 11.0 Å². The molecule has 0 radical (unpaired) electrons. The van der Waals surface area contributed by atoms with Crippen molar-refractivity contribution in [3.63, 3.8) is 0 Å². The zero-order valence-electron chi connectivity index (χ0n) is 43.1. The van der Waals surface area contributed by atoms with E-state index in [4.69, 9.17) is 19.2 Å². The van der Waals surface area contributed by atoms with Crippen molar-refractivity contribution in [3.05, 3.63) is 106 Å². The zero-order chi connectivity index (χ0) is 51.7. The third-order valence-corrected chi connectivity index (χ3v) is 18.5. The molecule has 0 bridgehead atoms. The van der Waals surface area contributed by atoms with E-state index < -0.39 is 43.1 Å². The van der Waals surface area contributed by atoms with Crippen LogP contribution in [-0.4, -0.2) is 115 Å². The molecule has 74 heavy (non-hydrogen) atoms. The second kappa shape index (κ2) is 19.4. The highest BCUT2D eigenvalue weighted by molar-refractivity contribution is 7.90. The first kappa shape index (κ1) is 50.4. The number of nitro benzene ring substituents is 1. The predicted octanol–water partition coefficient (Wildman–Crippen LogP) is 9.36. The van der Waals surface area contributed by atoms with Crippen LogP contribution in [0.15, 0.2) is 83.9 Å². The molecule has 4 aliphatic heterocycles. The van der Waals surface area contributed by atoms with E-state index in [2.05, 4.69) is 81.7 Å². The summed E-state index contributed by atoms with van der Waals surface area (Å²) in [5.74, 6) is 0.0950. The van der Waals surface area contributed by atoms with E-state index in [0.29, 0.717) is 80.5 Å². The number of anilines is 4. The molecule has 6 heterocycles. The average Bonchev–Trinajstić information content (AvgIpc) is 3.83. The Morgan fingerprint density at radius 3 is 2.49 bits per heavy atom. The molecule has 394 valence electrons. The zero-order valence-corrected chi connectivity index (χ0v) is 44.0. The number of aromatic nitrogens is 2. The number of carbonyl (C=O) groups excluding carboxylic acids is 1. The maximum atomic E-state index is 14.8. The van der Waals surface area contributed by atoms with Crippen molar-refractivity contribution < 1.29 is 37.5 Å². The third-order valence-electron chi connectivity index (χ3n) is 17.1. The van der Waals surface area contributed by atoms with Crippen molar-refractivity contribution in [3.8, 4) is 5.88 Å². The van der Waals surface area contributed by atoms with Crippen molar-refractivity contribution in [1.29, 1.82) is 0 Å². The molecule has 2 saturated carbocycles. The largest absolute Gasteiger partial charge is 0.468 e. The number of pyridine rings is 1. The Kier molecular flexibility index (Phi) is 13.2. The van der Waals surface area contributed by atoms with E-state index in [-0.39, 0.29) is 40.3 Å². The number of H-pyrrole nitrogens is 1. The normalized spacial score (nSPS) is 26.7. The molecule has 17 nitrogen and oxygen atoms in total. The summed E-state index contributed by atoms with van der Waals surface area (Å²) in [6.07, 6.45) is 9.02. The van der Waals surface area contributed by atoms with Crippen LogP contribution < -0.4 is 24.6 Å². The number of carbonyl (C=O) groups is 1. The fourth-order valence-corrected chi connectivity index (χ4v) is 13.8. The maximum absolute atomic E-state index is 14.8. The Labute approximate surface area is 433 Å². The van der Waals surface area contributed by atoms with Crippen LogP contribution >= 0.6 is 0 Å². The second-order valence-electron chi connectivity index (χ2n) is 23.2. The van der Waals surface area contributed by atoms with Crippen molar-refractivity contribution >= 4 is 55.4 Å². The van der Waals surface area contributed by atoms with Crippen LogP contribution in [0.2, 0.25) is 0 Å². The number of aromatic amines is 1. The smallest absolute Gasteiger partial charge is 0.293 e. The number of hydrogen-bond donors (Lipinski definition) is 4. The Balaban J connectivity index is 0.868. The number of nitro groups is 1. The number of amides is 1. The summed E-state index contributed by atoms with van der Waals surface area (Å²) >= 11 is 0. The van der Waals surface area contributed by atoms with Gasteiger partial charge in [0.05, 0.1) is 57.6 Å². The topological polar surface area (TPSA) is 205 Å². The van der Waals surface area contributed by atoms with Crippen molar-refractivity contribution in [2.24, 2.45) is 11.3 Å². The van der Waals surface area contributed by atoms with Crippen molar-refractivity contribution in [2.45, 2.75) is 139 Å². The molecule has 2 aliphatic carbocycles. The standard InChI is InChI=1S/C56H70N8O9S/c1-35(2)41-8-6-7-9-42(41)49-32-72-54(3,4)34-62(49)39-29-56(30-39)20-23-61(24-21-56)38-10-12-43(46(27-38)63-45-17-25-71-33-50(45)73-53-48(63)26-37-16-22-57-51(37)59-53)52(65)60-74(69,70)40-11-13-44(47(28-40)64(67)68)58-31-36-14-18-55(5,66)19-15-36/h6-13,16,22,26-28,35-36,39,45,49-50,58,66H,14-15,17-21,23-25,29-34H2,1-5H3,(H,57,59)(H,60,65)/t36?,45-,49-,50-,55?/m0/s1. The van der Waals surface area contributed by atoms with Crippen LogP contribution in [0.1, 0.15) is 126 Å². The highest BCUT2D eigenvalue weighted by atomic mass is 32.2. The maximum Gasteiger partial charge on any atom is 0.293 e. The summed E-state index contributed by atoms with van der Waals surface area (Å²) in [5.41, 5.74) is 4.58. The fourth-order valence-electron chi connectivity index (χ4n) is 12.8. The van der Waals surface area contributed by atoms with Crippen LogP contribution in [0, 0.1) is 21.4 Å². The Morgan fingerprint density at radius 2 is 1.73 bits per heavy atom. The monoisotopic (exact) mass is 1030 g/mol. The lowest BCUT2D eigenvalue weighted by Gasteiger charge is -2.59. The number of nitrogens with one attached hydrogen (secondary N) is 3. The van der Waals surface area contributed by atoms with E-state index in [0.717, 1.165) is 75.3 Å². The predicted molar refractivity (Wildman–Crippen MR) is 284 cm³/mol. The van der Waals surface area contributed by atoms with Crippen molar-refractivity contribution in [2.75, 3.05) is 61.1 Å². The summed E-state index contributed by atoms with van der Waals surface area (Å²) < 4.78 is 49.6. The molecular formula is C56H70N8O9S. The highest BCUT2D eigenvalue weighted by Gasteiger charge is 2.52. The van der Waals surface area contributed by atoms with Gasteiger partial charge in [0, 0.05) is 62.2 Å². The molecule has 6 aliphatic rings. The van der Waals surface area contributed by atoms with Crippen molar-refractivity contribution in [1.82, 2.24) is 19.6 Å².